The third-order valence-electron chi connectivity index (χ3n) is 4.71. The fourth-order valence-corrected chi connectivity index (χ4v) is 3.06. The van der Waals surface area contributed by atoms with Crippen molar-refractivity contribution in [3.05, 3.63) is 70.3 Å². The number of aryl methyl sites for hydroxylation is 2. The van der Waals surface area contributed by atoms with E-state index in [0.717, 1.165) is 16.7 Å². The molecule has 1 saturated heterocycles. The number of hydrogen-bond acceptors (Lipinski definition) is 5. The average Bonchev–Trinajstić information content (AvgIpc) is 3.00. The van der Waals surface area contributed by atoms with Crippen LogP contribution >= 0.6 is 0 Å². The lowest BCUT2D eigenvalue weighted by molar-refractivity contribution is -0.139. The molecule has 28 heavy (non-hydrogen) atoms. The molecule has 0 aromatic heterocycles. The second-order valence-electron chi connectivity index (χ2n) is 6.89. The quantitative estimate of drug-likeness (QED) is 0.438. The number of imide groups is 1. The molecule has 0 bridgehead atoms. The van der Waals surface area contributed by atoms with Gasteiger partial charge in [0.1, 0.15) is 0 Å². The summed E-state index contributed by atoms with van der Waals surface area (Å²) >= 11 is 0. The van der Waals surface area contributed by atoms with Crippen LogP contribution in [0, 0.1) is 13.8 Å². The van der Waals surface area contributed by atoms with Crippen LogP contribution in [-0.2, 0) is 20.9 Å². The number of esters is 1. The Morgan fingerprint density at radius 2 is 1.61 bits per heavy atom. The van der Waals surface area contributed by atoms with Crippen molar-refractivity contribution in [2.24, 2.45) is 0 Å². The molecule has 0 saturated carbocycles. The SMILES string of the molecule is Cc1ccc(C)c(C(=O)COC(=O)c2ccc(CN3C(=O)CCC3=O)cc2)c1. The average molecular weight is 379 g/mol. The third-order valence-corrected chi connectivity index (χ3v) is 4.71. The van der Waals surface area contributed by atoms with E-state index in [2.05, 4.69) is 0 Å². The fourth-order valence-electron chi connectivity index (χ4n) is 3.06. The molecular weight excluding hydrogens is 358 g/mol. The van der Waals surface area contributed by atoms with Gasteiger partial charge in [0.2, 0.25) is 17.6 Å². The van der Waals surface area contributed by atoms with Crippen LogP contribution in [0.4, 0.5) is 0 Å². The highest BCUT2D eigenvalue weighted by Gasteiger charge is 2.28. The highest BCUT2D eigenvalue weighted by Crippen LogP contribution is 2.17. The first-order valence-electron chi connectivity index (χ1n) is 9.05. The second kappa shape index (κ2) is 8.17. The fraction of sp³-hybridized carbons (Fsp3) is 0.273. The van der Waals surface area contributed by atoms with Crippen molar-refractivity contribution in [3.8, 4) is 0 Å². The lowest BCUT2D eigenvalue weighted by atomic mass is 10.0. The van der Waals surface area contributed by atoms with Crippen molar-refractivity contribution in [2.45, 2.75) is 33.2 Å². The molecule has 0 aliphatic carbocycles. The van der Waals surface area contributed by atoms with E-state index in [0.29, 0.717) is 11.1 Å². The number of rotatable bonds is 6. The Morgan fingerprint density at radius 1 is 0.964 bits per heavy atom. The number of ether oxygens (including phenoxy) is 1. The van der Waals surface area contributed by atoms with Crippen molar-refractivity contribution < 1.29 is 23.9 Å². The predicted molar refractivity (Wildman–Crippen MR) is 102 cm³/mol. The van der Waals surface area contributed by atoms with Gasteiger partial charge in [-0.3, -0.25) is 19.3 Å². The largest absolute Gasteiger partial charge is 0.454 e. The molecule has 2 aromatic rings. The van der Waals surface area contributed by atoms with Gasteiger partial charge in [0, 0.05) is 18.4 Å². The van der Waals surface area contributed by atoms with Crippen LogP contribution in [0.1, 0.15) is 50.2 Å². The molecule has 6 nitrogen and oxygen atoms in total. The maximum atomic E-state index is 12.3. The van der Waals surface area contributed by atoms with Crippen LogP contribution < -0.4 is 0 Å². The van der Waals surface area contributed by atoms with Gasteiger partial charge in [-0.05, 0) is 43.2 Å². The summed E-state index contributed by atoms with van der Waals surface area (Å²) in [7, 11) is 0. The normalized spacial score (nSPS) is 13.7. The van der Waals surface area contributed by atoms with Crippen LogP contribution in [0.3, 0.4) is 0 Å². The monoisotopic (exact) mass is 379 g/mol. The van der Waals surface area contributed by atoms with Crippen LogP contribution in [0.25, 0.3) is 0 Å². The van der Waals surface area contributed by atoms with Crippen LogP contribution in [0.2, 0.25) is 0 Å². The molecule has 1 aliphatic rings. The molecule has 0 spiro atoms. The minimum atomic E-state index is -0.599. The molecular formula is C22H21NO5. The number of hydrogen-bond donors (Lipinski definition) is 0. The minimum Gasteiger partial charge on any atom is -0.454 e. The van der Waals surface area contributed by atoms with Gasteiger partial charge in [-0.1, -0.05) is 29.8 Å². The van der Waals surface area contributed by atoms with Gasteiger partial charge in [0.25, 0.3) is 0 Å². The number of likely N-dealkylation sites (tertiary alicyclic amines) is 1. The maximum Gasteiger partial charge on any atom is 0.338 e. The van der Waals surface area contributed by atoms with E-state index in [-0.39, 0.29) is 43.6 Å². The summed E-state index contributed by atoms with van der Waals surface area (Å²) in [6, 6.07) is 12.0. The zero-order valence-electron chi connectivity index (χ0n) is 15.9. The topological polar surface area (TPSA) is 80.8 Å². The summed E-state index contributed by atoms with van der Waals surface area (Å²) in [5.74, 6) is -1.22. The zero-order valence-corrected chi connectivity index (χ0v) is 15.9. The van der Waals surface area contributed by atoms with E-state index in [1.165, 1.54) is 4.90 Å². The van der Waals surface area contributed by atoms with Gasteiger partial charge in [-0.15, -0.1) is 0 Å². The van der Waals surface area contributed by atoms with Gasteiger partial charge >= 0.3 is 5.97 Å². The first-order chi connectivity index (χ1) is 13.3. The van der Waals surface area contributed by atoms with Crippen molar-refractivity contribution >= 4 is 23.6 Å². The lowest BCUT2D eigenvalue weighted by Crippen LogP contribution is -2.28. The molecule has 0 atom stereocenters. The molecule has 1 fully saturated rings. The van der Waals surface area contributed by atoms with Crippen molar-refractivity contribution in [2.75, 3.05) is 6.61 Å². The standard InChI is InChI=1S/C22H21NO5/c1-14-3-4-15(2)18(11-14)19(24)13-28-22(27)17-7-5-16(6-8-17)12-23-20(25)9-10-21(23)26/h3-8,11H,9-10,12-13H2,1-2H3. The van der Waals surface area contributed by atoms with Crippen molar-refractivity contribution in [1.29, 1.82) is 0 Å². The van der Waals surface area contributed by atoms with Gasteiger partial charge in [0.15, 0.2) is 6.61 Å². The summed E-state index contributed by atoms with van der Waals surface area (Å²) in [5, 5.41) is 0. The Kier molecular flexibility index (Phi) is 5.68. The molecule has 0 unspecified atom stereocenters. The number of carbonyl (C=O) groups excluding carboxylic acids is 4. The number of ketones is 1. The van der Waals surface area contributed by atoms with E-state index in [4.69, 9.17) is 4.74 Å². The number of Topliss-reactive ketones (excluding diaryl/α,β-unsaturated/α-hetero) is 1. The van der Waals surface area contributed by atoms with E-state index in [9.17, 15) is 19.2 Å². The van der Waals surface area contributed by atoms with E-state index < -0.39 is 5.97 Å². The summed E-state index contributed by atoms with van der Waals surface area (Å²) in [5.41, 5.74) is 3.39. The number of carbonyl (C=O) groups is 4. The Bertz CT molecular complexity index is 930. The first kappa shape index (κ1) is 19.5. The molecule has 0 radical (unpaired) electrons. The molecule has 0 N–H and O–H groups in total. The molecule has 1 heterocycles. The molecule has 6 heteroatoms. The zero-order chi connectivity index (χ0) is 20.3. The molecule has 2 amide bonds. The Labute approximate surface area is 163 Å². The third kappa shape index (κ3) is 4.34. The smallest absolute Gasteiger partial charge is 0.338 e. The Balaban J connectivity index is 1.59. The maximum absolute atomic E-state index is 12.3. The predicted octanol–water partition coefficient (Wildman–Crippen LogP) is 2.99. The summed E-state index contributed by atoms with van der Waals surface area (Å²) in [6.07, 6.45) is 0.495. The van der Waals surface area contributed by atoms with Crippen LogP contribution in [0.15, 0.2) is 42.5 Å². The second-order valence-corrected chi connectivity index (χ2v) is 6.89. The molecule has 3 rings (SSSR count). The van der Waals surface area contributed by atoms with Crippen molar-refractivity contribution in [1.82, 2.24) is 4.90 Å². The molecule has 2 aromatic carbocycles. The first-order valence-corrected chi connectivity index (χ1v) is 9.05. The highest BCUT2D eigenvalue weighted by atomic mass is 16.5. The Hall–Kier alpha value is -3.28. The number of nitrogens with zero attached hydrogens (tertiary/aromatic N) is 1. The summed E-state index contributed by atoms with van der Waals surface area (Å²) < 4.78 is 5.14. The molecule has 144 valence electrons. The van der Waals surface area contributed by atoms with Crippen molar-refractivity contribution in [3.63, 3.8) is 0 Å². The summed E-state index contributed by atoms with van der Waals surface area (Å²) in [4.78, 5) is 49.1. The van der Waals surface area contributed by atoms with Gasteiger partial charge in [-0.25, -0.2) is 4.79 Å². The Morgan fingerprint density at radius 3 is 2.25 bits per heavy atom. The van der Waals surface area contributed by atoms with Gasteiger partial charge in [0.05, 0.1) is 12.1 Å². The van der Waals surface area contributed by atoms with Gasteiger partial charge < -0.3 is 4.74 Å². The minimum absolute atomic E-state index is 0.182. The van der Waals surface area contributed by atoms with Crippen LogP contribution in [-0.4, -0.2) is 35.1 Å². The number of amides is 2. The highest BCUT2D eigenvalue weighted by molar-refractivity contribution is 6.02. The van der Waals surface area contributed by atoms with E-state index in [1.54, 1.807) is 30.3 Å². The van der Waals surface area contributed by atoms with Crippen LogP contribution in [0.5, 0.6) is 0 Å². The lowest BCUT2D eigenvalue weighted by Gasteiger charge is -2.13. The number of benzene rings is 2. The summed E-state index contributed by atoms with van der Waals surface area (Å²) in [6.45, 7) is 3.59. The van der Waals surface area contributed by atoms with Gasteiger partial charge in [-0.2, -0.15) is 0 Å². The molecule has 1 aliphatic heterocycles. The van der Waals surface area contributed by atoms with E-state index >= 15 is 0 Å². The van der Waals surface area contributed by atoms with E-state index in [1.807, 2.05) is 26.0 Å².